The highest BCUT2D eigenvalue weighted by atomic mass is 16.5. The summed E-state index contributed by atoms with van der Waals surface area (Å²) in [4.78, 5) is 15.6. The third-order valence-electron chi connectivity index (χ3n) is 2.73. The van der Waals surface area contributed by atoms with Crippen LogP contribution >= 0.6 is 0 Å². The Morgan fingerprint density at radius 3 is 2.80 bits per heavy atom. The number of hydrogen-bond donors (Lipinski definition) is 1. The van der Waals surface area contributed by atoms with Crippen molar-refractivity contribution in [3.63, 3.8) is 0 Å². The van der Waals surface area contributed by atoms with Crippen LogP contribution in [0.1, 0.15) is 25.3 Å². The van der Waals surface area contributed by atoms with Crippen LogP contribution in [0.5, 0.6) is 11.6 Å². The average molecular weight is 270 g/mol. The van der Waals surface area contributed by atoms with Gasteiger partial charge in [-0.05, 0) is 30.2 Å². The van der Waals surface area contributed by atoms with E-state index in [0.29, 0.717) is 18.8 Å². The highest BCUT2D eigenvalue weighted by molar-refractivity contribution is 5.75. The number of aromatic nitrogens is 1. The Morgan fingerprint density at radius 2 is 2.05 bits per heavy atom. The fraction of sp³-hybridized carbons (Fsp3) is 0.250. The molecule has 4 heteroatoms. The SMILES string of the molecule is CCCC(=O)NCc1ccnc(Oc2ccccc2)c1. The Hall–Kier alpha value is -2.36. The van der Waals surface area contributed by atoms with E-state index in [2.05, 4.69) is 10.3 Å². The van der Waals surface area contributed by atoms with Crippen LogP contribution in [0.2, 0.25) is 0 Å². The van der Waals surface area contributed by atoms with Crippen molar-refractivity contribution in [2.75, 3.05) is 0 Å². The van der Waals surface area contributed by atoms with Crippen molar-refractivity contribution in [2.24, 2.45) is 0 Å². The number of hydrogen-bond acceptors (Lipinski definition) is 3. The first kappa shape index (κ1) is 14.1. The zero-order valence-corrected chi connectivity index (χ0v) is 11.5. The van der Waals surface area contributed by atoms with Gasteiger partial charge in [0.05, 0.1) is 0 Å². The van der Waals surface area contributed by atoms with Gasteiger partial charge in [0.15, 0.2) is 0 Å². The maximum atomic E-state index is 11.4. The number of carbonyl (C=O) groups excluding carboxylic acids is 1. The fourth-order valence-corrected chi connectivity index (χ4v) is 1.74. The lowest BCUT2D eigenvalue weighted by Gasteiger charge is -2.07. The molecular formula is C16H18N2O2. The Labute approximate surface area is 118 Å². The van der Waals surface area contributed by atoms with Crippen LogP contribution in [0, 0.1) is 0 Å². The van der Waals surface area contributed by atoms with Gasteiger partial charge < -0.3 is 10.1 Å². The van der Waals surface area contributed by atoms with Gasteiger partial charge in [0.2, 0.25) is 11.8 Å². The molecule has 0 fully saturated rings. The monoisotopic (exact) mass is 270 g/mol. The van der Waals surface area contributed by atoms with Gasteiger partial charge in [0, 0.05) is 25.2 Å². The quantitative estimate of drug-likeness (QED) is 0.876. The van der Waals surface area contributed by atoms with Crippen LogP contribution < -0.4 is 10.1 Å². The number of ether oxygens (including phenoxy) is 1. The zero-order valence-electron chi connectivity index (χ0n) is 11.5. The van der Waals surface area contributed by atoms with E-state index in [1.165, 1.54) is 0 Å². The number of carbonyl (C=O) groups is 1. The van der Waals surface area contributed by atoms with Crippen LogP contribution in [0.3, 0.4) is 0 Å². The van der Waals surface area contributed by atoms with Crippen LogP contribution in [0.15, 0.2) is 48.7 Å². The predicted octanol–water partition coefficient (Wildman–Crippen LogP) is 3.29. The molecule has 0 atom stereocenters. The van der Waals surface area contributed by atoms with E-state index >= 15 is 0 Å². The van der Waals surface area contributed by atoms with Crippen molar-refractivity contribution in [3.05, 3.63) is 54.2 Å². The summed E-state index contributed by atoms with van der Waals surface area (Å²) in [6.07, 6.45) is 3.09. The molecule has 0 aliphatic rings. The van der Waals surface area contributed by atoms with Crippen LogP contribution in [0.4, 0.5) is 0 Å². The first-order chi connectivity index (χ1) is 9.78. The van der Waals surface area contributed by atoms with E-state index in [9.17, 15) is 4.79 Å². The minimum Gasteiger partial charge on any atom is -0.439 e. The van der Waals surface area contributed by atoms with Gasteiger partial charge >= 0.3 is 0 Å². The molecule has 0 saturated heterocycles. The van der Waals surface area contributed by atoms with Gasteiger partial charge in [-0.15, -0.1) is 0 Å². The number of pyridine rings is 1. The minimum absolute atomic E-state index is 0.0647. The third-order valence-corrected chi connectivity index (χ3v) is 2.73. The van der Waals surface area contributed by atoms with E-state index in [-0.39, 0.29) is 5.91 Å². The smallest absolute Gasteiger partial charge is 0.220 e. The second-order valence-electron chi connectivity index (χ2n) is 4.44. The summed E-state index contributed by atoms with van der Waals surface area (Å²) in [7, 11) is 0. The second-order valence-corrected chi connectivity index (χ2v) is 4.44. The van der Waals surface area contributed by atoms with Crippen LogP contribution in [-0.4, -0.2) is 10.9 Å². The molecule has 1 N–H and O–H groups in total. The molecule has 104 valence electrons. The molecule has 0 aliphatic carbocycles. The third kappa shape index (κ3) is 4.39. The summed E-state index contributed by atoms with van der Waals surface area (Å²) in [5.41, 5.74) is 0.968. The summed E-state index contributed by atoms with van der Waals surface area (Å²) in [5, 5.41) is 2.87. The molecule has 4 nitrogen and oxygen atoms in total. The van der Waals surface area contributed by atoms with E-state index in [1.54, 1.807) is 6.20 Å². The summed E-state index contributed by atoms with van der Waals surface area (Å²) in [6.45, 7) is 2.48. The lowest BCUT2D eigenvalue weighted by molar-refractivity contribution is -0.121. The fourth-order valence-electron chi connectivity index (χ4n) is 1.74. The molecule has 2 rings (SSSR count). The van der Waals surface area contributed by atoms with Crippen molar-refractivity contribution in [1.29, 1.82) is 0 Å². The molecule has 0 unspecified atom stereocenters. The number of para-hydroxylation sites is 1. The van der Waals surface area contributed by atoms with E-state index in [4.69, 9.17) is 4.74 Å². The Balaban J connectivity index is 1.96. The van der Waals surface area contributed by atoms with Gasteiger partial charge in [0.25, 0.3) is 0 Å². The van der Waals surface area contributed by atoms with Crippen molar-refractivity contribution in [2.45, 2.75) is 26.3 Å². The van der Waals surface area contributed by atoms with E-state index in [0.717, 1.165) is 17.7 Å². The van der Waals surface area contributed by atoms with Gasteiger partial charge in [0.1, 0.15) is 5.75 Å². The first-order valence-electron chi connectivity index (χ1n) is 6.72. The largest absolute Gasteiger partial charge is 0.439 e. The molecule has 1 heterocycles. The van der Waals surface area contributed by atoms with E-state index < -0.39 is 0 Å². The van der Waals surface area contributed by atoms with Gasteiger partial charge in [-0.1, -0.05) is 25.1 Å². The Bertz CT molecular complexity index is 555. The topological polar surface area (TPSA) is 51.2 Å². The summed E-state index contributed by atoms with van der Waals surface area (Å²) in [6, 6.07) is 13.2. The highest BCUT2D eigenvalue weighted by Crippen LogP contribution is 2.19. The number of benzene rings is 1. The molecule has 0 radical (unpaired) electrons. The van der Waals surface area contributed by atoms with Crippen molar-refractivity contribution in [1.82, 2.24) is 10.3 Å². The maximum Gasteiger partial charge on any atom is 0.220 e. The van der Waals surface area contributed by atoms with E-state index in [1.807, 2.05) is 49.4 Å². The van der Waals surface area contributed by atoms with Crippen LogP contribution in [-0.2, 0) is 11.3 Å². The zero-order chi connectivity index (χ0) is 14.2. The first-order valence-corrected chi connectivity index (χ1v) is 6.72. The minimum atomic E-state index is 0.0647. The number of nitrogens with zero attached hydrogens (tertiary/aromatic N) is 1. The molecule has 0 aliphatic heterocycles. The molecule has 20 heavy (non-hydrogen) atoms. The average Bonchev–Trinajstić information content (AvgIpc) is 2.47. The summed E-state index contributed by atoms with van der Waals surface area (Å²) in [5.74, 6) is 1.33. The van der Waals surface area contributed by atoms with Crippen molar-refractivity contribution in [3.8, 4) is 11.6 Å². The number of nitrogens with one attached hydrogen (secondary N) is 1. The highest BCUT2D eigenvalue weighted by Gasteiger charge is 2.02. The molecule has 1 aromatic heterocycles. The Kier molecular flexibility index (Phi) is 5.12. The maximum absolute atomic E-state index is 11.4. The summed E-state index contributed by atoms with van der Waals surface area (Å²) < 4.78 is 5.65. The van der Waals surface area contributed by atoms with Crippen molar-refractivity contribution >= 4 is 5.91 Å². The van der Waals surface area contributed by atoms with Gasteiger partial charge in [-0.25, -0.2) is 4.98 Å². The molecule has 2 aromatic rings. The van der Waals surface area contributed by atoms with Crippen molar-refractivity contribution < 1.29 is 9.53 Å². The normalized spacial score (nSPS) is 10.1. The molecule has 1 aromatic carbocycles. The summed E-state index contributed by atoms with van der Waals surface area (Å²) >= 11 is 0. The lowest BCUT2D eigenvalue weighted by Crippen LogP contribution is -2.22. The van der Waals surface area contributed by atoms with Gasteiger partial charge in [-0.2, -0.15) is 0 Å². The lowest BCUT2D eigenvalue weighted by atomic mass is 10.2. The van der Waals surface area contributed by atoms with Gasteiger partial charge in [-0.3, -0.25) is 4.79 Å². The second kappa shape index (κ2) is 7.28. The van der Waals surface area contributed by atoms with Crippen LogP contribution in [0.25, 0.3) is 0 Å². The Morgan fingerprint density at radius 1 is 1.25 bits per heavy atom. The molecule has 0 saturated carbocycles. The molecule has 0 bridgehead atoms. The number of amides is 1. The molecule has 0 spiro atoms. The number of rotatable bonds is 6. The predicted molar refractivity (Wildman–Crippen MR) is 77.5 cm³/mol. The standard InChI is InChI=1S/C16H18N2O2/c1-2-6-15(19)18-12-13-9-10-17-16(11-13)20-14-7-4-3-5-8-14/h3-5,7-11H,2,6,12H2,1H3,(H,18,19). The molecule has 1 amide bonds. The molecular weight excluding hydrogens is 252 g/mol.